The molecule has 3 amide bonds. The summed E-state index contributed by atoms with van der Waals surface area (Å²) in [5.41, 5.74) is 9.36. The number of pyridine rings is 1. The van der Waals surface area contributed by atoms with Gasteiger partial charge in [-0.25, -0.2) is 4.79 Å². The number of urea groups is 1. The van der Waals surface area contributed by atoms with Gasteiger partial charge in [-0.2, -0.15) is 4.73 Å². The van der Waals surface area contributed by atoms with Gasteiger partial charge in [0.05, 0.1) is 4.47 Å². The maximum absolute atomic E-state index is 13.3. The molecule has 1 aromatic carbocycles. The third kappa shape index (κ3) is 5.62. The van der Waals surface area contributed by atoms with E-state index in [1.807, 2.05) is 23.1 Å². The molecule has 5 rings (SSSR count). The van der Waals surface area contributed by atoms with E-state index in [0.29, 0.717) is 50.7 Å². The van der Waals surface area contributed by atoms with Crippen LogP contribution in [-0.2, 0) is 17.6 Å². The van der Waals surface area contributed by atoms with E-state index in [0.717, 1.165) is 61.7 Å². The molecule has 0 saturated carbocycles. The van der Waals surface area contributed by atoms with Crippen LogP contribution in [0, 0.1) is 11.1 Å². The van der Waals surface area contributed by atoms with Crippen LogP contribution < -0.4 is 10.5 Å². The second-order valence-corrected chi connectivity index (χ2v) is 12.4. The molecule has 3 heterocycles. The van der Waals surface area contributed by atoms with Crippen molar-refractivity contribution in [3.8, 4) is 0 Å². The Bertz CT molecular complexity index is 1150. The van der Waals surface area contributed by atoms with E-state index in [-0.39, 0.29) is 23.9 Å². The summed E-state index contributed by atoms with van der Waals surface area (Å²) in [5.74, 6) is 0.440. The van der Waals surface area contributed by atoms with Gasteiger partial charge in [0.2, 0.25) is 11.6 Å². The summed E-state index contributed by atoms with van der Waals surface area (Å²) in [5, 5.41) is 13.9. The highest BCUT2D eigenvalue weighted by Crippen LogP contribution is 2.41. The second kappa shape index (κ2) is 11.1. The van der Waals surface area contributed by atoms with Gasteiger partial charge >= 0.3 is 6.03 Å². The maximum Gasteiger partial charge on any atom is 0.314 e. The molecular formula is C26H30Br2ClN5O3. The van der Waals surface area contributed by atoms with Crippen LogP contribution in [0.4, 0.5) is 4.79 Å². The van der Waals surface area contributed by atoms with Gasteiger partial charge in [-0.1, -0.05) is 27.5 Å². The fourth-order valence-corrected chi connectivity index (χ4v) is 7.53. The molecule has 2 saturated heterocycles. The molecule has 0 bridgehead atoms. The summed E-state index contributed by atoms with van der Waals surface area (Å²) < 4.78 is 2.66. The van der Waals surface area contributed by atoms with E-state index < -0.39 is 0 Å². The third-order valence-electron chi connectivity index (χ3n) is 7.92. The molecule has 0 radical (unpaired) electrons. The Kier molecular flexibility index (Phi) is 8.00. The standard InChI is InChI=1S/C26H30Br2ClN5O3/c27-19-12-18-2-1-17-13-20(29)14-21(28)23(17)25(24(18)34(37)15-19)32-9-7-31(8-10-32)22(35)11-16-3-5-33(6-4-16)26(30)36/h12-16,25H,1-11H2,(H2,30,36). The molecule has 2 N–H and O–H groups in total. The van der Waals surface area contributed by atoms with Crippen molar-refractivity contribution in [2.75, 3.05) is 39.3 Å². The lowest BCUT2D eigenvalue weighted by atomic mass is 9.93. The molecular weight excluding hydrogens is 626 g/mol. The van der Waals surface area contributed by atoms with Gasteiger partial charge in [-0.3, -0.25) is 9.69 Å². The second-order valence-electron chi connectivity index (χ2n) is 10.1. The highest BCUT2D eigenvalue weighted by molar-refractivity contribution is 9.10. The quantitative estimate of drug-likeness (QED) is 0.400. The van der Waals surface area contributed by atoms with E-state index in [9.17, 15) is 14.8 Å². The van der Waals surface area contributed by atoms with Crippen molar-refractivity contribution >= 4 is 55.4 Å². The van der Waals surface area contributed by atoms with Gasteiger partial charge in [0.25, 0.3) is 0 Å². The Hall–Kier alpha value is -1.88. The van der Waals surface area contributed by atoms with Crippen molar-refractivity contribution < 1.29 is 14.3 Å². The maximum atomic E-state index is 13.3. The Morgan fingerprint density at radius 3 is 2.35 bits per heavy atom. The molecule has 2 aromatic rings. The first kappa shape index (κ1) is 26.7. The smallest absolute Gasteiger partial charge is 0.314 e. The topological polar surface area (TPSA) is 96.8 Å². The number of aromatic nitrogens is 1. The van der Waals surface area contributed by atoms with Crippen molar-refractivity contribution in [2.24, 2.45) is 11.7 Å². The van der Waals surface area contributed by atoms with Crippen LogP contribution >= 0.6 is 43.5 Å². The SMILES string of the molecule is NC(=O)N1CCC(CC(=O)N2CCN(C3c4c(Br)cc(Cl)cc4CCc4cc(Br)c[n+]([O-])c43)CC2)CC1. The first-order valence-corrected chi connectivity index (χ1v) is 14.6. The minimum absolute atomic E-state index is 0.162. The molecule has 11 heteroatoms. The predicted molar refractivity (Wildman–Crippen MR) is 148 cm³/mol. The largest absolute Gasteiger partial charge is 0.618 e. The number of piperidine rings is 1. The van der Waals surface area contributed by atoms with Gasteiger partial charge in [0, 0.05) is 60.7 Å². The van der Waals surface area contributed by atoms with Crippen molar-refractivity contribution in [1.82, 2.24) is 14.7 Å². The average molecular weight is 656 g/mol. The summed E-state index contributed by atoms with van der Waals surface area (Å²) >= 11 is 13.6. The Morgan fingerprint density at radius 2 is 1.68 bits per heavy atom. The lowest BCUT2D eigenvalue weighted by Gasteiger charge is -2.40. The van der Waals surface area contributed by atoms with Crippen LogP contribution in [0.25, 0.3) is 0 Å². The molecule has 1 aliphatic carbocycles. The molecule has 1 atom stereocenters. The fraction of sp³-hybridized carbons (Fsp3) is 0.500. The summed E-state index contributed by atoms with van der Waals surface area (Å²) in [4.78, 5) is 30.4. The predicted octanol–water partition coefficient (Wildman–Crippen LogP) is 4.01. The fourth-order valence-electron chi connectivity index (χ4n) is 5.97. The number of amides is 3. The average Bonchev–Trinajstić information content (AvgIpc) is 3.02. The zero-order valence-electron chi connectivity index (χ0n) is 20.5. The molecule has 1 unspecified atom stereocenters. The molecule has 198 valence electrons. The van der Waals surface area contributed by atoms with Gasteiger partial charge in [0.15, 0.2) is 6.20 Å². The molecule has 2 aliphatic heterocycles. The van der Waals surface area contributed by atoms with E-state index in [2.05, 4.69) is 36.8 Å². The molecule has 2 fully saturated rings. The van der Waals surface area contributed by atoms with Crippen molar-refractivity contribution in [1.29, 1.82) is 0 Å². The zero-order valence-corrected chi connectivity index (χ0v) is 24.4. The summed E-state index contributed by atoms with van der Waals surface area (Å²) in [6, 6.07) is 5.33. The normalized spacial score (nSPS) is 20.8. The minimum Gasteiger partial charge on any atom is -0.618 e. The zero-order chi connectivity index (χ0) is 26.3. The number of fused-ring (bicyclic) bond motifs is 2. The van der Waals surface area contributed by atoms with Gasteiger partial charge in [0.1, 0.15) is 6.04 Å². The number of hydrogen-bond acceptors (Lipinski definition) is 4. The van der Waals surface area contributed by atoms with E-state index in [4.69, 9.17) is 17.3 Å². The van der Waals surface area contributed by atoms with Gasteiger partial charge < -0.3 is 20.7 Å². The van der Waals surface area contributed by atoms with Crippen LogP contribution in [0.1, 0.15) is 47.7 Å². The number of carbonyl (C=O) groups excluding carboxylic acids is 2. The van der Waals surface area contributed by atoms with Gasteiger partial charge in [-0.05, 0) is 76.9 Å². The number of rotatable bonds is 3. The van der Waals surface area contributed by atoms with E-state index in [1.54, 1.807) is 11.1 Å². The Labute approximate surface area is 238 Å². The lowest BCUT2D eigenvalue weighted by Crippen LogP contribution is -2.52. The number of piperazine rings is 1. The number of primary amides is 1. The number of carbonyl (C=O) groups is 2. The van der Waals surface area contributed by atoms with Crippen molar-refractivity contribution in [3.05, 3.63) is 66.0 Å². The van der Waals surface area contributed by atoms with Crippen LogP contribution in [0.5, 0.6) is 0 Å². The van der Waals surface area contributed by atoms with E-state index in [1.165, 1.54) is 0 Å². The van der Waals surface area contributed by atoms with Crippen LogP contribution in [0.15, 0.2) is 33.3 Å². The summed E-state index contributed by atoms with van der Waals surface area (Å²) in [6.07, 6.45) is 5.23. The molecule has 0 spiro atoms. The van der Waals surface area contributed by atoms with E-state index >= 15 is 0 Å². The molecule has 8 nitrogen and oxygen atoms in total. The number of hydrogen-bond donors (Lipinski definition) is 1. The van der Waals surface area contributed by atoms with Gasteiger partial charge in [-0.15, -0.1) is 0 Å². The number of aryl methyl sites for hydroxylation is 2. The van der Waals surface area contributed by atoms with Crippen LogP contribution in [-0.4, -0.2) is 65.9 Å². The molecule has 3 aliphatic rings. The van der Waals surface area contributed by atoms with Crippen molar-refractivity contribution in [3.63, 3.8) is 0 Å². The van der Waals surface area contributed by atoms with Crippen LogP contribution in [0.3, 0.4) is 0 Å². The first-order chi connectivity index (χ1) is 17.7. The molecule has 1 aromatic heterocycles. The molecule has 37 heavy (non-hydrogen) atoms. The lowest BCUT2D eigenvalue weighted by molar-refractivity contribution is -0.617. The van der Waals surface area contributed by atoms with Crippen molar-refractivity contribution in [2.45, 2.75) is 38.1 Å². The summed E-state index contributed by atoms with van der Waals surface area (Å²) in [6.45, 7) is 3.79. The number of nitrogens with two attached hydrogens (primary N) is 1. The number of benzene rings is 1. The minimum atomic E-state index is -0.386. The number of likely N-dealkylation sites (tertiary alicyclic amines) is 1. The summed E-state index contributed by atoms with van der Waals surface area (Å²) in [7, 11) is 0. The Balaban J connectivity index is 1.34. The highest BCUT2D eigenvalue weighted by Gasteiger charge is 2.39. The first-order valence-electron chi connectivity index (χ1n) is 12.7. The number of halogens is 3. The number of nitrogens with zero attached hydrogens (tertiary/aromatic N) is 4. The third-order valence-corrected chi connectivity index (χ3v) is 9.22. The highest BCUT2D eigenvalue weighted by atomic mass is 79.9. The van der Waals surface area contributed by atoms with Crippen LogP contribution in [0.2, 0.25) is 5.02 Å². The monoisotopic (exact) mass is 653 g/mol. The Morgan fingerprint density at radius 1 is 1.00 bits per heavy atom.